The van der Waals surface area contributed by atoms with Gasteiger partial charge in [0.15, 0.2) is 0 Å². The number of urea groups is 1. The Morgan fingerprint density at radius 2 is 2.05 bits per heavy atom. The average Bonchev–Trinajstić information content (AvgIpc) is 3.21. The van der Waals surface area contributed by atoms with Crippen molar-refractivity contribution in [3.05, 3.63) is 0 Å². The molecular formula is C15H28N2O4. The quantitative estimate of drug-likeness (QED) is 0.573. The van der Waals surface area contributed by atoms with Gasteiger partial charge < -0.3 is 20.1 Å². The lowest BCUT2D eigenvalue weighted by Gasteiger charge is -2.26. The van der Waals surface area contributed by atoms with Gasteiger partial charge in [0.05, 0.1) is 0 Å². The normalized spacial score (nSPS) is 14.2. The van der Waals surface area contributed by atoms with Gasteiger partial charge in [-0.25, -0.2) is 4.79 Å². The van der Waals surface area contributed by atoms with Crippen molar-refractivity contribution in [2.45, 2.75) is 52.0 Å². The Balaban J connectivity index is 2.10. The molecule has 21 heavy (non-hydrogen) atoms. The fourth-order valence-corrected chi connectivity index (χ4v) is 2.00. The topological polar surface area (TPSA) is 78.9 Å². The molecule has 6 nitrogen and oxygen atoms in total. The van der Waals surface area contributed by atoms with Crippen LogP contribution in [0.3, 0.4) is 0 Å². The fourth-order valence-electron chi connectivity index (χ4n) is 2.00. The number of nitrogens with one attached hydrogen (secondary N) is 1. The van der Waals surface area contributed by atoms with E-state index in [-0.39, 0.29) is 18.5 Å². The second kappa shape index (κ2) is 9.60. The first-order valence-corrected chi connectivity index (χ1v) is 7.84. The van der Waals surface area contributed by atoms with Crippen molar-refractivity contribution in [3.63, 3.8) is 0 Å². The van der Waals surface area contributed by atoms with Gasteiger partial charge in [-0.2, -0.15) is 0 Å². The molecule has 2 N–H and O–H groups in total. The van der Waals surface area contributed by atoms with E-state index in [1.54, 1.807) is 4.90 Å². The summed E-state index contributed by atoms with van der Waals surface area (Å²) in [6, 6.07) is -0.0671. The Bertz CT molecular complexity index is 330. The van der Waals surface area contributed by atoms with Gasteiger partial charge in [-0.15, -0.1) is 0 Å². The van der Waals surface area contributed by atoms with Crippen molar-refractivity contribution in [3.8, 4) is 0 Å². The van der Waals surface area contributed by atoms with Crippen LogP contribution in [0.5, 0.6) is 0 Å². The lowest BCUT2D eigenvalue weighted by atomic mass is 10.2. The Kier molecular flexibility index (Phi) is 8.12. The van der Waals surface area contributed by atoms with Crippen LogP contribution >= 0.6 is 0 Å². The van der Waals surface area contributed by atoms with E-state index in [4.69, 9.17) is 9.84 Å². The molecule has 122 valence electrons. The number of ether oxygens (including phenoxy) is 1. The van der Waals surface area contributed by atoms with Gasteiger partial charge in [0.1, 0.15) is 0 Å². The van der Waals surface area contributed by atoms with Crippen LogP contribution in [0.15, 0.2) is 0 Å². The Hall–Kier alpha value is -1.30. The summed E-state index contributed by atoms with van der Waals surface area (Å²) in [4.78, 5) is 24.2. The molecule has 0 saturated heterocycles. The molecule has 1 aliphatic carbocycles. The number of carbonyl (C=O) groups is 2. The molecule has 1 fully saturated rings. The molecule has 1 rings (SSSR count). The SMILES string of the molecule is CC(C)N(CCCC(=O)O)C(=O)NCCCOCC1CC1. The summed E-state index contributed by atoms with van der Waals surface area (Å²) in [5, 5.41) is 11.5. The number of carbonyl (C=O) groups excluding carboxylic acids is 1. The molecule has 0 unspecified atom stereocenters. The molecule has 0 aromatic rings. The monoisotopic (exact) mass is 300 g/mol. The van der Waals surface area contributed by atoms with Crippen LogP contribution in [-0.4, -0.2) is 54.4 Å². The molecule has 0 heterocycles. The van der Waals surface area contributed by atoms with Gasteiger partial charge in [-0.3, -0.25) is 4.79 Å². The maximum atomic E-state index is 12.0. The zero-order chi connectivity index (χ0) is 15.7. The predicted octanol–water partition coefficient (Wildman–Crippen LogP) is 2.09. The van der Waals surface area contributed by atoms with E-state index in [2.05, 4.69) is 5.32 Å². The summed E-state index contributed by atoms with van der Waals surface area (Å²) in [7, 11) is 0. The van der Waals surface area contributed by atoms with E-state index in [0.717, 1.165) is 18.9 Å². The molecule has 1 aliphatic rings. The van der Waals surface area contributed by atoms with Crippen LogP contribution in [0.2, 0.25) is 0 Å². The third-order valence-corrected chi connectivity index (χ3v) is 3.47. The molecule has 0 aromatic heterocycles. The highest BCUT2D eigenvalue weighted by Crippen LogP contribution is 2.28. The van der Waals surface area contributed by atoms with Crippen molar-refractivity contribution in [1.29, 1.82) is 0 Å². The first kappa shape index (κ1) is 17.8. The number of nitrogens with zero attached hydrogens (tertiary/aromatic N) is 1. The molecule has 0 bridgehead atoms. The lowest BCUT2D eigenvalue weighted by molar-refractivity contribution is -0.137. The number of amides is 2. The van der Waals surface area contributed by atoms with Crippen molar-refractivity contribution >= 4 is 12.0 Å². The highest BCUT2D eigenvalue weighted by atomic mass is 16.5. The lowest BCUT2D eigenvalue weighted by Crippen LogP contribution is -2.45. The van der Waals surface area contributed by atoms with Gasteiger partial charge in [-0.1, -0.05) is 0 Å². The molecule has 0 spiro atoms. The van der Waals surface area contributed by atoms with E-state index in [1.807, 2.05) is 13.8 Å². The Morgan fingerprint density at radius 3 is 2.62 bits per heavy atom. The minimum Gasteiger partial charge on any atom is -0.481 e. The summed E-state index contributed by atoms with van der Waals surface area (Å²) in [6.45, 7) is 6.44. The van der Waals surface area contributed by atoms with Gasteiger partial charge >= 0.3 is 12.0 Å². The molecule has 0 aromatic carbocycles. The summed E-state index contributed by atoms with van der Waals surface area (Å²) < 4.78 is 5.51. The highest BCUT2D eigenvalue weighted by molar-refractivity contribution is 5.74. The molecule has 0 radical (unpaired) electrons. The van der Waals surface area contributed by atoms with Crippen LogP contribution in [0, 0.1) is 5.92 Å². The number of carboxylic acid groups (broad SMARTS) is 1. The molecule has 6 heteroatoms. The van der Waals surface area contributed by atoms with Crippen LogP contribution in [0.4, 0.5) is 4.79 Å². The smallest absolute Gasteiger partial charge is 0.317 e. The van der Waals surface area contributed by atoms with Gasteiger partial charge in [0.2, 0.25) is 0 Å². The Labute approximate surface area is 126 Å². The van der Waals surface area contributed by atoms with E-state index in [1.165, 1.54) is 12.8 Å². The van der Waals surface area contributed by atoms with Gasteiger partial charge in [0.25, 0.3) is 0 Å². The molecule has 0 atom stereocenters. The standard InChI is InChI=1S/C15H28N2O4/c1-12(2)17(9-3-5-14(18)19)15(20)16-8-4-10-21-11-13-6-7-13/h12-13H,3-11H2,1-2H3,(H,16,20)(H,18,19). The number of rotatable bonds is 11. The van der Waals surface area contributed by atoms with E-state index in [9.17, 15) is 9.59 Å². The molecular weight excluding hydrogens is 272 g/mol. The molecule has 2 amide bonds. The fraction of sp³-hybridized carbons (Fsp3) is 0.867. The zero-order valence-corrected chi connectivity index (χ0v) is 13.1. The minimum atomic E-state index is -0.827. The van der Waals surface area contributed by atoms with Gasteiger partial charge in [0, 0.05) is 38.8 Å². The zero-order valence-electron chi connectivity index (χ0n) is 13.1. The summed E-state index contributed by atoms with van der Waals surface area (Å²) in [6.07, 6.45) is 3.95. The maximum absolute atomic E-state index is 12.0. The van der Waals surface area contributed by atoms with E-state index < -0.39 is 5.97 Å². The third kappa shape index (κ3) is 8.55. The van der Waals surface area contributed by atoms with E-state index >= 15 is 0 Å². The summed E-state index contributed by atoms with van der Waals surface area (Å²) >= 11 is 0. The Morgan fingerprint density at radius 1 is 1.33 bits per heavy atom. The second-order valence-corrected chi connectivity index (χ2v) is 5.89. The van der Waals surface area contributed by atoms with Crippen molar-refractivity contribution in [2.24, 2.45) is 5.92 Å². The van der Waals surface area contributed by atoms with Crippen LogP contribution in [0.1, 0.15) is 46.0 Å². The molecule has 0 aliphatic heterocycles. The summed E-state index contributed by atoms with van der Waals surface area (Å²) in [5.41, 5.74) is 0. The predicted molar refractivity (Wildman–Crippen MR) is 80.3 cm³/mol. The highest BCUT2D eigenvalue weighted by Gasteiger charge is 2.21. The van der Waals surface area contributed by atoms with Gasteiger partial charge in [-0.05, 0) is 45.4 Å². The largest absolute Gasteiger partial charge is 0.481 e. The first-order valence-electron chi connectivity index (χ1n) is 7.84. The van der Waals surface area contributed by atoms with Crippen molar-refractivity contribution in [1.82, 2.24) is 10.2 Å². The number of hydrogen-bond acceptors (Lipinski definition) is 3. The van der Waals surface area contributed by atoms with Crippen LogP contribution in [0.25, 0.3) is 0 Å². The minimum absolute atomic E-state index is 0.0601. The van der Waals surface area contributed by atoms with E-state index in [0.29, 0.717) is 26.1 Å². The molecule has 1 saturated carbocycles. The third-order valence-electron chi connectivity index (χ3n) is 3.47. The van der Waals surface area contributed by atoms with Crippen molar-refractivity contribution in [2.75, 3.05) is 26.3 Å². The summed E-state index contributed by atoms with van der Waals surface area (Å²) in [5.74, 6) is -0.0582. The van der Waals surface area contributed by atoms with Crippen LogP contribution < -0.4 is 5.32 Å². The number of carboxylic acids is 1. The first-order chi connectivity index (χ1) is 10.0. The second-order valence-electron chi connectivity index (χ2n) is 5.89. The average molecular weight is 300 g/mol. The van der Waals surface area contributed by atoms with Crippen molar-refractivity contribution < 1.29 is 19.4 Å². The van der Waals surface area contributed by atoms with Crippen LogP contribution in [-0.2, 0) is 9.53 Å². The number of hydrogen-bond donors (Lipinski definition) is 2. The number of aliphatic carboxylic acids is 1. The maximum Gasteiger partial charge on any atom is 0.317 e.